The number of halogens is 3. The molecular formula is C32H32Cl2FN3O4. The second-order valence-electron chi connectivity index (χ2n) is 10.9. The number of rotatable bonds is 8. The molecule has 7 nitrogen and oxygen atoms in total. The summed E-state index contributed by atoms with van der Waals surface area (Å²) in [4.78, 5) is 31.5. The van der Waals surface area contributed by atoms with Crippen LogP contribution in [0.25, 0.3) is 0 Å². The van der Waals surface area contributed by atoms with Crippen LogP contribution in [0, 0.1) is 5.82 Å². The molecule has 2 fully saturated rings. The molecule has 0 aromatic heterocycles. The lowest BCUT2D eigenvalue weighted by atomic mass is 9.73. The van der Waals surface area contributed by atoms with E-state index < -0.39 is 17.3 Å². The zero-order valence-corrected chi connectivity index (χ0v) is 24.9. The minimum atomic E-state index is -1.31. The molecular weight excluding hydrogens is 580 g/mol. The van der Waals surface area contributed by atoms with Gasteiger partial charge >= 0.3 is 5.97 Å². The number of carbonyl (C=O) groups excluding carboxylic acids is 2. The Balaban J connectivity index is 1.57. The summed E-state index contributed by atoms with van der Waals surface area (Å²) in [6.45, 7) is 5.50. The van der Waals surface area contributed by atoms with Gasteiger partial charge in [-0.05, 0) is 61.7 Å². The van der Waals surface area contributed by atoms with Gasteiger partial charge in [0.2, 0.25) is 5.91 Å². The Hall–Kier alpha value is -3.17. The first-order chi connectivity index (χ1) is 20.3. The number of hydrogen-bond donors (Lipinski definition) is 1. The Morgan fingerprint density at radius 3 is 2.69 bits per heavy atom. The Morgan fingerprint density at radius 1 is 1.10 bits per heavy atom. The number of benzene rings is 3. The molecule has 0 bridgehead atoms. The lowest BCUT2D eigenvalue weighted by Gasteiger charge is -2.41. The largest absolute Gasteiger partial charge is 0.494 e. The molecule has 2 saturated heterocycles. The Bertz CT molecular complexity index is 1540. The molecule has 0 saturated carbocycles. The summed E-state index contributed by atoms with van der Waals surface area (Å²) in [5.41, 5.74) is 1.27. The van der Waals surface area contributed by atoms with Crippen LogP contribution in [0.3, 0.4) is 0 Å². The fraction of sp³-hybridized carbons (Fsp3) is 0.375. The Kier molecular flexibility index (Phi) is 7.91. The van der Waals surface area contributed by atoms with Crippen molar-refractivity contribution in [2.45, 2.75) is 50.4 Å². The second-order valence-corrected chi connectivity index (χ2v) is 11.7. The first kappa shape index (κ1) is 28.9. The second kappa shape index (κ2) is 11.5. The number of fused-ring (bicyclic) bond motifs is 3. The van der Waals surface area contributed by atoms with Gasteiger partial charge in [0.1, 0.15) is 17.1 Å². The van der Waals surface area contributed by atoms with Gasteiger partial charge in [-0.15, -0.1) is 0 Å². The molecule has 1 amide bonds. The summed E-state index contributed by atoms with van der Waals surface area (Å²) >= 11 is 12.7. The van der Waals surface area contributed by atoms with Crippen LogP contribution in [-0.2, 0) is 26.4 Å². The maximum atomic E-state index is 16.1. The van der Waals surface area contributed by atoms with E-state index in [1.165, 1.54) is 6.07 Å². The summed E-state index contributed by atoms with van der Waals surface area (Å²) in [5, 5.41) is 3.52. The maximum Gasteiger partial charge on any atom is 0.320 e. The maximum absolute atomic E-state index is 16.1. The molecule has 1 N–H and O–H groups in total. The van der Waals surface area contributed by atoms with Gasteiger partial charge < -0.3 is 14.8 Å². The molecule has 0 aliphatic carbocycles. The number of amides is 1. The van der Waals surface area contributed by atoms with E-state index in [9.17, 15) is 9.59 Å². The van der Waals surface area contributed by atoms with Crippen LogP contribution in [-0.4, -0.2) is 60.1 Å². The van der Waals surface area contributed by atoms with Crippen molar-refractivity contribution < 1.29 is 23.5 Å². The van der Waals surface area contributed by atoms with Crippen molar-refractivity contribution in [1.29, 1.82) is 0 Å². The third-order valence-electron chi connectivity index (χ3n) is 8.68. The summed E-state index contributed by atoms with van der Waals surface area (Å²) < 4.78 is 27.2. The smallest absolute Gasteiger partial charge is 0.320 e. The molecule has 3 aromatic carbocycles. The van der Waals surface area contributed by atoms with E-state index in [2.05, 4.69) is 10.2 Å². The topological polar surface area (TPSA) is 71.1 Å². The van der Waals surface area contributed by atoms with Gasteiger partial charge in [-0.2, -0.15) is 0 Å². The molecule has 1 spiro atoms. The number of esters is 1. The van der Waals surface area contributed by atoms with Crippen LogP contribution in [0.5, 0.6) is 5.75 Å². The quantitative estimate of drug-likeness (QED) is 0.316. The highest BCUT2D eigenvalue weighted by molar-refractivity contribution is 6.31. The van der Waals surface area contributed by atoms with Crippen LogP contribution in [0.4, 0.5) is 10.1 Å². The number of anilines is 1. The van der Waals surface area contributed by atoms with E-state index >= 15 is 4.39 Å². The first-order valence-electron chi connectivity index (χ1n) is 14.2. The number of nitrogens with one attached hydrogen (secondary N) is 1. The average Bonchev–Trinajstić information content (AvgIpc) is 3.57. The van der Waals surface area contributed by atoms with Gasteiger partial charge in [-0.1, -0.05) is 53.5 Å². The summed E-state index contributed by atoms with van der Waals surface area (Å²) in [6, 6.07) is 17.5. The lowest BCUT2D eigenvalue weighted by molar-refractivity contribution is -0.144. The van der Waals surface area contributed by atoms with Crippen molar-refractivity contribution >= 4 is 40.8 Å². The van der Waals surface area contributed by atoms with E-state index in [1.54, 1.807) is 31.2 Å². The van der Waals surface area contributed by atoms with Crippen LogP contribution < -0.4 is 10.1 Å². The predicted molar refractivity (Wildman–Crippen MR) is 159 cm³/mol. The Morgan fingerprint density at radius 2 is 1.90 bits per heavy atom. The normalized spacial score (nSPS) is 25.0. The van der Waals surface area contributed by atoms with Crippen molar-refractivity contribution in [2.24, 2.45) is 0 Å². The fourth-order valence-electron chi connectivity index (χ4n) is 7.27. The summed E-state index contributed by atoms with van der Waals surface area (Å²) in [5.74, 6) is -1.16. The van der Waals surface area contributed by atoms with Gasteiger partial charge in [0.25, 0.3) is 0 Å². The van der Waals surface area contributed by atoms with Crippen molar-refractivity contribution in [3.63, 3.8) is 0 Å². The van der Waals surface area contributed by atoms with Gasteiger partial charge in [0.15, 0.2) is 0 Å². The summed E-state index contributed by atoms with van der Waals surface area (Å²) in [7, 11) is 0. The standard InChI is InChI=1S/C32H32Cl2FN3O4/c1-3-41-21-8-5-7-19(15-21)17-38-26-13-14-37(18-27(39)42-4-2)30(26)28(22-9-6-10-24(34)29(22)35)32(38)23-12-11-20(33)16-25(23)36-31(32)40/h5-12,15-16,26,28,30H,3-4,13-14,17-18H2,1-2H3,(H,36,40)/t26-,28-,30+,32+/m0/s1. The van der Waals surface area contributed by atoms with E-state index in [1.807, 2.05) is 42.2 Å². The average molecular weight is 613 g/mol. The van der Waals surface area contributed by atoms with Gasteiger partial charge in [-0.25, -0.2) is 4.39 Å². The van der Waals surface area contributed by atoms with Crippen molar-refractivity contribution in [2.75, 3.05) is 31.6 Å². The highest BCUT2D eigenvalue weighted by atomic mass is 35.5. The SMILES string of the molecule is CCOC(=O)CN1CC[C@H]2[C@@H]1[C@H](c1cccc(Cl)c1F)[C@]1(C(=O)Nc3cc(Cl)ccc31)N2Cc1cccc(OCC)c1. The minimum absolute atomic E-state index is 0.0215. The molecule has 4 atom stereocenters. The van der Waals surface area contributed by atoms with Gasteiger partial charge in [-0.3, -0.25) is 19.4 Å². The van der Waals surface area contributed by atoms with Crippen molar-refractivity contribution in [1.82, 2.24) is 9.80 Å². The van der Waals surface area contributed by atoms with Crippen LogP contribution in [0.1, 0.15) is 42.9 Å². The lowest BCUT2D eigenvalue weighted by Crippen LogP contribution is -2.52. The predicted octanol–water partition coefficient (Wildman–Crippen LogP) is 5.98. The zero-order chi connectivity index (χ0) is 29.6. The van der Waals surface area contributed by atoms with Gasteiger partial charge in [0.05, 0.1) is 24.8 Å². The van der Waals surface area contributed by atoms with Crippen LogP contribution in [0.2, 0.25) is 10.0 Å². The molecule has 3 aromatic rings. The molecule has 3 heterocycles. The number of hydrogen-bond acceptors (Lipinski definition) is 6. The van der Waals surface area contributed by atoms with E-state index in [0.29, 0.717) is 48.0 Å². The molecule has 220 valence electrons. The fourth-order valence-corrected chi connectivity index (χ4v) is 7.63. The molecule has 0 radical (unpaired) electrons. The van der Waals surface area contributed by atoms with E-state index in [-0.39, 0.29) is 42.1 Å². The molecule has 10 heteroatoms. The molecule has 0 unspecified atom stereocenters. The molecule has 42 heavy (non-hydrogen) atoms. The van der Waals surface area contributed by atoms with Crippen LogP contribution >= 0.6 is 23.2 Å². The number of nitrogens with zero attached hydrogens (tertiary/aromatic N) is 2. The monoisotopic (exact) mass is 611 g/mol. The summed E-state index contributed by atoms with van der Waals surface area (Å²) in [6.07, 6.45) is 0.672. The molecule has 3 aliphatic heterocycles. The number of likely N-dealkylation sites (tertiary alicyclic amines) is 2. The third kappa shape index (κ3) is 4.65. The van der Waals surface area contributed by atoms with E-state index in [0.717, 1.165) is 11.3 Å². The highest BCUT2D eigenvalue weighted by Gasteiger charge is 2.69. The van der Waals surface area contributed by atoms with E-state index in [4.69, 9.17) is 32.7 Å². The Labute approximate surface area is 254 Å². The van der Waals surface area contributed by atoms with Crippen molar-refractivity contribution in [3.05, 3.63) is 93.2 Å². The first-order valence-corrected chi connectivity index (χ1v) is 15.0. The minimum Gasteiger partial charge on any atom is -0.494 e. The van der Waals surface area contributed by atoms with Crippen LogP contribution in [0.15, 0.2) is 60.7 Å². The highest BCUT2D eigenvalue weighted by Crippen LogP contribution is 2.61. The molecule has 3 aliphatic rings. The number of ether oxygens (including phenoxy) is 2. The van der Waals surface area contributed by atoms with Crippen molar-refractivity contribution in [3.8, 4) is 5.75 Å². The van der Waals surface area contributed by atoms with Gasteiger partial charge in [0, 0.05) is 47.4 Å². The zero-order valence-electron chi connectivity index (χ0n) is 23.4. The molecule has 6 rings (SSSR count). The third-order valence-corrected chi connectivity index (χ3v) is 9.20. The number of carbonyl (C=O) groups is 2.